The minimum Gasteiger partial charge on any atom is -0.374 e. The molecule has 2 aromatic rings. The van der Waals surface area contributed by atoms with Crippen molar-refractivity contribution in [3.8, 4) is 0 Å². The maximum Gasteiger partial charge on any atom is 0.416 e. The fourth-order valence-electron chi connectivity index (χ4n) is 3.51. The SMILES string of the molecule is CC[NH+]1CCN(c2ccc(N[C@H](C)C(=O)Nc3ccc(C(F)(F)F)cc3)cc2)CC1. The summed E-state index contributed by atoms with van der Waals surface area (Å²) < 4.78 is 37.9. The summed E-state index contributed by atoms with van der Waals surface area (Å²) >= 11 is 0. The Hall–Kier alpha value is -2.74. The van der Waals surface area contributed by atoms with Gasteiger partial charge in [0.05, 0.1) is 38.3 Å². The number of hydrogen-bond acceptors (Lipinski definition) is 3. The van der Waals surface area contributed by atoms with Gasteiger partial charge in [-0.25, -0.2) is 0 Å². The normalized spacial score (nSPS) is 16.2. The van der Waals surface area contributed by atoms with E-state index in [4.69, 9.17) is 0 Å². The van der Waals surface area contributed by atoms with Crippen molar-refractivity contribution in [1.82, 2.24) is 0 Å². The van der Waals surface area contributed by atoms with Crippen molar-refractivity contribution in [2.24, 2.45) is 0 Å². The lowest BCUT2D eigenvalue weighted by atomic mass is 10.2. The van der Waals surface area contributed by atoms with Crippen LogP contribution in [-0.2, 0) is 11.0 Å². The minimum absolute atomic E-state index is 0.322. The minimum atomic E-state index is -4.39. The highest BCUT2D eigenvalue weighted by Crippen LogP contribution is 2.29. The monoisotopic (exact) mass is 421 g/mol. The summed E-state index contributed by atoms with van der Waals surface area (Å²) in [5.74, 6) is -0.322. The van der Waals surface area contributed by atoms with Gasteiger partial charge in [0.2, 0.25) is 5.91 Å². The van der Waals surface area contributed by atoms with Gasteiger partial charge >= 0.3 is 6.18 Å². The number of rotatable bonds is 6. The van der Waals surface area contributed by atoms with Crippen molar-refractivity contribution in [3.63, 3.8) is 0 Å². The summed E-state index contributed by atoms with van der Waals surface area (Å²) in [5, 5.41) is 5.76. The number of alkyl halides is 3. The lowest BCUT2D eigenvalue weighted by molar-refractivity contribution is -0.898. The molecular weight excluding hydrogens is 393 g/mol. The van der Waals surface area contributed by atoms with Crippen LogP contribution >= 0.6 is 0 Å². The second-order valence-corrected chi connectivity index (χ2v) is 7.57. The van der Waals surface area contributed by atoms with E-state index in [1.165, 1.54) is 12.1 Å². The Bertz CT molecular complexity index is 829. The van der Waals surface area contributed by atoms with Gasteiger partial charge in [-0.3, -0.25) is 4.79 Å². The molecule has 0 bridgehead atoms. The Kier molecular flexibility index (Phi) is 6.87. The van der Waals surface area contributed by atoms with Crippen LogP contribution in [0, 0.1) is 0 Å². The molecule has 162 valence electrons. The van der Waals surface area contributed by atoms with Crippen LogP contribution in [0.2, 0.25) is 0 Å². The fraction of sp³-hybridized carbons (Fsp3) is 0.409. The number of anilines is 3. The summed E-state index contributed by atoms with van der Waals surface area (Å²) in [6, 6.07) is 11.8. The highest BCUT2D eigenvalue weighted by molar-refractivity contribution is 5.96. The molecule has 3 N–H and O–H groups in total. The van der Waals surface area contributed by atoms with E-state index in [2.05, 4.69) is 22.5 Å². The standard InChI is InChI=1S/C22H27F3N4O/c1-3-28-12-14-29(15-13-28)20-10-8-18(9-11-20)26-16(2)21(30)27-19-6-4-17(5-7-19)22(23,24)25/h4-11,16,26H,3,12-15H2,1-2H3,(H,27,30)/p+1/t16-/m1/s1. The summed E-state index contributed by atoms with van der Waals surface area (Å²) in [4.78, 5) is 16.4. The molecule has 1 aliphatic rings. The van der Waals surface area contributed by atoms with Gasteiger partial charge in [0.1, 0.15) is 6.04 Å². The van der Waals surface area contributed by atoms with Crippen LogP contribution in [0.5, 0.6) is 0 Å². The number of quaternary nitrogens is 1. The molecular formula is C22H28F3N4O+. The fourth-order valence-corrected chi connectivity index (χ4v) is 3.51. The van der Waals surface area contributed by atoms with Gasteiger partial charge in [-0.1, -0.05) is 0 Å². The topological polar surface area (TPSA) is 48.8 Å². The average Bonchev–Trinajstić information content (AvgIpc) is 2.74. The number of nitrogens with zero attached hydrogens (tertiary/aromatic N) is 1. The summed E-state index contributed by atoms with van der Waals surface area (Å²) in [6.45, 7) is 9.41. The molecule has 2 aromatic carbocycles. The van der Waals surface area contributed by atoms with Crippen LogP contribution in [-0.4, -0.2) is 44.7 Å². The third kappa shape index (κ3) is 5.66. The molecule has 1 atom stereocenters. The highest BCUT2D eigenvalue weighted by Gasteiger charge is 2.30. The number of nitrogens with one attached hydrogen (secondary N) is 3. The molecule has 1 saturated heterocycles. The molecule has 1 amide bonds. The predicted molar refractivity (Wildman–Crippen MR) is 113 cm³/mol. The average molecular weight is 421 g/mol. The van der Waals surface area contributed by atoms with Crippen LogP contribution in [0.15, 0.2) is 48.5 Å². The number of halogens is 3. The molecule has 0 aromatic heterocycles. The number of piperazine rings is 1. The first-order valence-corrected chi connectivity index (χ1v) is 10.2. The van der Waals surface area contributed by atoms with E-state index in [1.807, 2.05) is 24.3 Å². The predicted octanol–water partition coefficient (Wildman–Crippen LogP) is 2.87. The lowest BCUT2D eigenvalue weighted by Gasteiger charge is -2.33. The molecule has 3 rings (SSSR count). The number of hydrogen-bond donors (Lipinski definition) is 3. The first-order valence-electron chi connectivity index (χ1n) is 10.2. The number of carbonyl (C=O) groups excluding carboxylic acids is 1. The second kappa shape index (κ2) is 9.38. The maximum absolute atomic E-state index is 12.6. The Morgan fingerprint density at radius 3 is 2.13 bits per heavy atom. The smallest absolute Gasteiger partial charge is 0.374 e. The number of likely N-dealkylation sites (N-methyl/N-ethyl adjacent to an activating group) is 1. The van der Waals surface area contributed by atoms with Gasteiger partial charge in [-0.2, -0.15) is 13.2 Å². The largest absolute Gasteiger partial charge is 0.416 e. The first-order chi connectivity index (χ1) is 14.3. The van der Waals surface area contributed by atoms with Gasteiger partial charge in [0.25, 0.3) is 0 Å². The zero-order chi connectivity index (χ0) is 21.7. The van der Waals surface area contributed by atoms with Crippen molar-refractivity contribution in [1.29, 1.82) is 0 Å². The van der Waals surface area contributed by atoms with Crippen LogP contribution in [0.3, 0.4) is 0 Å². The zero-order valence-electron chi connectivity index (χ0n) is 17.2. The number of carbonyl (C=O) groups is 1. The van der Waals surface area contributed by atoms with Crippen LogP contribution in [0.4, 0.5) is 30.2 Å². The molecule has 1 aliphatic heterocycles. The third-order valence-electron chi connectivity index (χ3n) is 5.46. The Morgan fingerprint density at radius 1 is 1.03 bits per heavy atom. The van der Waals surface area contributed by atoms with Gasteiger partial charge < -0.3 is 20.4 Å². The molecule has 1 fully saturated rings. The summed E-state index contributed by atoms with van der Waals surface area (Å²) in [7, 11) is 0. The van der Waals surface area contributed by atoms with Crippen LogP contribution in [0.25, 0.3) is 0 Å². The van der Waals surface area contributed by atoms with Crippen molar-refractivity contribution in [2.45, 2.75) is 26.1 Å². The summed E-state index contributed by atoms with van der Waals surface area (Å²) in [6.07, 6.45) is -4.39. The molecule has 1 heterocycles. The van der Waals surface area contributed by atoms with Crippen molar-refractivity contribution < 1.29 is 22.9 Å². The first kappa shape index (κ1) is 22.0. The molecule has 0 saturated carbocycles. The zero-order valence-corrected chi connectivity index (χ0v) is 17.2. The molecule has 0 radical (unpaired) electrons. The van der Waals surface area contributed by atoms with E-state index in [0.717, 1.165) is 56.2 Å². The highest BCUT2D eigenvalue weighted by atomic mass is 19.4. The van der Waals surface area contributed by atoms with Gasteiger partial charge in [0, 0.05) is 17.1 Å². The second-order valence-electron chi connectivity index (χ2n) is 7.57. The lowest BCUT2D eigenvalue weighted by Crippen LogP contribution is -3.14. The van der Waals surface area contributed by atoms with Gasteiger partial charge in [-0.05, 0) is 62.4 Å². The molecule has 0 unspecified atom stereocenters. The van der Waals surface area contributed by atoms with E-state index in [0.29, 0.717) is 5.69 Å². The quantitative estimate of drug-likeness (QED) is 0.672. The Labute approximate surface area is 174 Å². The number of amides is 1. The molecule has 30 heavy (non-hydrogen) atoms. The number of benzene rings is 2. The van der Waals surface area contributed by atoms with E-state index in [1.54, 1.807) is 11.8 Å². The van der Waals surface area contributed by atoms with Crippen LogP contribution < -0.4 is 20.4 Å². The van der Waals surface area contributed by atoms with Crippen molar-refractivity contribution >= 4 is 23.0 Å². The van der Waals surface area contributed by atoms with E-state index in [9.17, 15) is 18.0 Å². The molecule has 0 spiro atoms. The van der Waals surface area contributed by atoms with E-state index < -0.39 is 17.8 Å². The molecule has 0 aliphatic carbocycles. The van der Waals surface area contributed by atoms with Gasteiger partial charge in [0.15, 0.2) is 0 Å². The summed E-state index contributed by atoms with van der Waals surface area (Å²) in [5.41, 5.74) is 1.55. The van der Waals surface area contributed by atoms with Crippen molar-refractivity contribution in [2.75, 3.05) is 48.3 Å². The Balaban J connectivity index is 1.52. The van der Waals surface area contributed by atoms with Crippen LogP contribution in [0.1, 0.15) is 19.4 Å². The van der Waals surface area contributed by atoms with E-state index in [-0.39, 0.29) is 5.91 Å². The van der Waals surface area contributed by atoms with Gasteiger partial charge in [-0.15, -0.1) is 0 Å². The Morgan fingerprint density at radius 2 is 1.60 bits per heavy atom. The third-order valence-corrected chi connectivity index (χ3v) is 5.46. The van der Waals surface area contributed by atoms with E-state index >= 15 is 0 Å². The molecule has 8 heteroatoms. The van der Waals surface area contributed by atoms with Crippen molar-refractivity contribution in [3.05, 3.63) is 54.1 Å². The molecule has 5 nitrogen and oxygen atoms in total. The maximum atomic E-state index is 12.6.